The molecule has 1 aromatic carbocycles. The van der Waals surface area contributed by atoms with E-state index in [4.69, 9.17) is 9.47 Å². The number of nitrogens with zero attached hydrogens (tertiary/aromatic N) is 4. The second kappa shape index (κ2) is 7.56. The highest BCUT2D eigenvalue weighted by atomic mass is 19.3. The van der Waals surface area contributed by atoms with Gasteiger partial charge in [0.05, 0.1) is 31.1 Å². The first kappa shape index (κ1) is 20.6. The Hall–Kier alpha value is -3.63. The maximum absolute atomic E-state index is 14.0. The number of aromatic nitrogens is 4. The van der Waals surface area contributed by atoms with Crippen molar-refractivity contribution in [3.63, 3.8) is 0 Å². The van der Waals surface area contributed by atoms with Crippen molar-refractivity contribution >= 4 is 11.9 Å². The monoisotopic (exact) mass is 434 g/mol. The second-order valence-corrected chi connectivity index (χ2v) is 7.20. The molecule has 8 nitrogen and oxygen atoms in total. The van der Waals surface area contributed by atoms with Crippen LogP contribution in [0, 0.1) is 5.82 Å². The molecule has 0 amide bonds. The third kappa shape index (κ3) is 4.16. The van der Waals surface area contributed by atoms with Crippen LogP contribution in [0.2, 0.25) is 0 Å². The van der Waals surface area contributed by atoms with E-state index in [0.29, 0.717) is 12.5 Å². The minimum atomic E-state index is -3.46. The third-order valence-corrected chi connectivity index (χ3v) is 4.65. The van der Waals surface area contributed by atoms with Crippen LogP contribution in [-0.4, -0.2) is 31.5 Å². The van der Waals surface area contributed by atoms with Gasteiger partial charge in [-0.3, -0.25) is 14.3 Å². The molecule has 0 N–H and O–H groups in total. The molecule has 3 aromatic rings. The van der Waals surface area contributed by atoms with Gasteiger partial charge in [-0.05, 0) is 17.7 Å². The van der Waals surface area contributed by atoms with Crippen molar-refractivity contribution in [1.82, 2.24) is 19.6 Å². The van der Waals surface area contributed by atoms with Gasteiger partial charge in [0.15, 0.2) is 0 Å². The van der Waals surface area contributed by atoms with Crippen LogP contribution in [0.15, 0.2) is 30.6 Å². The van der Waals surface area contributed by atoms with Crippen molar-refractivity contribution < 1.29 is 32.2 Å². The van der Waals surface area contributed by atoms with Gasteiger partial charge in [0, 0.05) is 25.7 Å². The number of hydrogen-bond donors (Lipinski definition) is 0. The molecule has 0 spiro atoms. The summed E-state index contributed by atoms with van der Waals surface area (Å²) < 4.78 is 55.4. The SMILES string of the molecule is Cn1cc(Cn2nc3c(-c4ccc(F)c(C(C)(F)F)c4)c2OC(=O)CCC(=O)O3)cn1. The summed E-state index contributed by atoms with van der Waals surface area (Å²) in [7, 11) is 1.72. The molecule has 11 heteroatoms. The Kier molecular flexibility index (Phi) is 5.03. The Labute approximate surface area is 174 Å². The molecule has 2 aromatic heterocycles. The Balaban J connectivity index is 1.91. The van der Waals surface area contributed by atoms with E-state index in [9.17, 15) is 22.8 Å². The zero-order valence-corrected chi connectivity index (χ0v) is 16.6. The van der Waals surface area contributed by atoms with Gasteiger partial charge in [-0.2, -0.15) is 5.10 Å². The van der Waals surface area contributed by atoms with E-state index in [1.807, 2.05) is 0 Å². The molecule has 2 bridgehead atoms. The molecule has 1 aliphatic rings. The number of ether oxygens (including phenoxy) is 2. The fourth-order valence-electron chi connectivity index (χ4n) is 3.22. The first-order chi connectivity index (χ1) is 14.6. The standard InChI is InChI=1S/C20H17F3N4O4/c1-20(22,23)13-7-12(3-4-14(13)21)17-18-25-27(10-11-8-24-26(2)9-11)19(17)31-16(29)6-5-15(28)30-18/h3-4,7-9H,5-6,10H2,1-2H3. The van der Waals surface area contributed by atoms with Gasteiger partial charge < -0.3 is 9.47 Å². The minimum absolute atomic E-state index is 0.00186. The minimum Gasteiger partial charge on any atom is -0.407 e. The highest BCUT2D eigenvalue weighted by Gasteiger charge is 2.32. The van der Waals surface area contributed by atoms with Gasteiger partial charge in [-0.1, -0.05) is 6.07 Å². The largest absolute Gasteiger partial charge is 0.407 e. The summed E-state index contributed by atoms with van der Waals surface area (Å²) in [5.74, 6) is -6.34. The normalized spacial score (nSPS) is 14.5. The van der Waals surface area contributed by atoms with E-state index < -0.39 is 29.2 Å². The quantitative estimate of drug-likeness (QED) is 0.586. The van der Waals surface area contributed by atoms with Crippen LogP contribution < -0.4 is 9.47 Å². The first-order valence-corrected chi connectivity index (χ1v) is 9.29. The number of carbonyl (C=O) groups excluding carboxylic acids is 2. The summed E-state index contributed by atoms with van der Waals surface area (Å²) in [5.41, 5.74) is -0.0982. The lowest BCUT2D eigenvalue weighted by Gasteiger charge is -2.14. The topological polar surface area (TPSA) is 88.2 Å². The van der Waals surface area contributed by atoms with Crippen LogP contribution in [0.4, 0.5) is 13.2 Å². The van der Waals surface area contributed by atoms with E-state index in [-0.39, 0.29) is 42.3 Å². The van der Waals surface area contributed by atoms with Crippen molar-refractivity contribution in [3.8, 4) is 22.9 Å². The van der Waals surface area contributed by atoms with Crippen LogP contribution in [0.3, 0.4) is 0 Å². The number of halogens is 3. The van der Waals surface area contributed by atoms with E-state index in [0.717, 1.165) is 12.1 Å². The number of fused-ring (bicyclic) bond motifs is 2. The molecule has 0 atom stereocenters. The zero-order chi connectivity index (χ0) is 22.3. The smallest absolute Gasteiger partial charge is 0.313 e. The predicted octanol–water partition coefficient (Wildman–Crippen LogP) is 3.19. The Morgan fingerprint density at radius 3 is 2.52 bits per heavy atom. The molecular formula is C20H17F3N4O4. The fraction of sp³-hybridized carbons (Fsp3) is 0.300. The molecule has 0 saturated heterocycles. The van der Waals surface area contributed by atoms with Crippen LogP contribution in [0.5, 0.6) is 11.8 Å². The molecule has 3 heterocycles. The van der Waals surface area contributed by atoms with Crippen molar-refractivity contribution in [1.29, 1.82) is 0 Å². The summed E-state index contributed by atoms with van der Waals surface area (Å²) in [6.07, 6.45) is 2.81. The summed E-state index contributed by atoms with van der Waals surface area (Å²) >= 11 is 0. The molecule has 0 saturated carbocycles. The summed E-state index contributed by atoms with van der Waals surface area (Å²) in [6, 6.07) is 3.02. The molecule has 4 rings (SSSR count). The number of hydrogen-bond acceptors (Lipinski definition) is 6. The van der Waals surface area contributed by atoms with Gasteiger partial charge in [0.2, 0.25) is 5.88 Å². The molecule has 0 unspecified atom stereocenters. The molecular weight excluding hydrogens is 417 g/mol. The lowest BCUT2D eigenvalue weighted by atomic mass is 10.0. The second-order valence-electron chi connectivity index (χ2n) is 7.20. The number of benzene rings is 1. The molecule has 0 radical (unpaired) electrons. The Morgan fingerprint density at radius 2 is 1.87 bits per heavy atom. The summed E-state index contributed by atoms with van der Waals surface area (Å²) in [6.45, 7) is 0.663. The Bertz CT molecular complexity index is 1180. The van der Waals surface area contributed by atoms with Gasteiger partial charge in [-0.25, -0.2) is 17.9 Å². The Morgan fingerprint density at radius 1 is 1.16 bits per heavy atom. The van der Waals surface area contributed by atoms with Crippen molar-refractivity contribution in [2.24, 2.45) is 7.05 Å². The highest BCUT2D eigenvalue weighted by Crippen LogP contribution is 2.42. The van der Waals surface area contributed by atoms with Crippen molar-refractivity contribution in [2.45, 2.75) is 32.2 Å². The average Bonchev–Trinajstić information content (AvgIpc) is 3.24. The van der Waals surface area contributed by atoms with Gasteiger partial charge >= 0.3 is 11.9 Å². The maximum atomic E-state index is 14.0. The van der Waals surface area contributed by atoms with Gasteiger partial charge in [0.1, 0.15) is 11.4 Å². The third-order valence-electron chi connectivity index (χ3n) is 4.65. The van der Waals surface area contributed by atoms with Gasteiger partial charge in [-0.15, -0.1) is 5.10 Å². The van der Waals surface area contributed by atoms with Crippen molar-refractivity contribution in [3.05, 3.63) is 47.5 Å². The van der Waals surface area contributed by atoms with Crippen molar-refractivity contribution in [2.75, 3.05) is 0 Å². The molecule has 0 fully saturated rings. The number of rotatable bonds is 4. The van der Waals surface area contributed by atoms with E-state index in [1.54, 1.807) is 24.1 Å². The number of carbonyl (C=O) groups is 2. The molecule has 162 valence electrons. The van der Waals surface area contributed by atoms with Gasteiger partial charge in [0.25, 0.3) is 11.8 Å². The fourth-order valence-corrected chi connectivity index (χ4v) is 3.22. The van der Waals surface area contributed by atoms with Crippen LogP contribution >= 0.6 is 0 Å². The predicted molar refractivity (Wildman–Crippen MR) is 100 cm³/mol. The maximum Gasteiger partial charge on any atom is 0.313 e. The lowest BCUT2D eigenvalue weighted by molar-refractivity contribution is -0.140. The summed E-state index contributed by atoms with van der Waals surface area (Å²) in [5, 5.41) is 8.27. The first-order valence-electron chi connectivity index (χ1n) is 9.29. The van der Waals surface area contributed by atoms with E-state index >= 15 is 0 Å². The summed E-state index contributed by atoms with van der Waals surface area (Å²) in [4.78, 5) is 24.3. The van der Waals surface area contributed by atoms with E-state index in [2.05, 4.69) is 10.2 Å². The van der Waals surface area contributed by atoms with Crippen LogP contribution in [-0.2, 0) is 29.1 Å². The zero-order valence-electron chi connectivity index (χ0n) is 16.6. The number of aryl methyl sites for hydroxylation is 1. The van der Waals surface area contributed by atoms with Crippen LogP contribution in [0.1, 0.15) is 30.9 Å². The molecule has 0 aliphatic carbocycles. The van der Waals surface area contributed by atoms with Crippen LogP contribution in [0.25, 0.3) is 11.1 Å². The molecule has 31 heavy (non-hydrogen) atoms. The number of alkyl halides is 2. The average molecular weight is 434 g/mol. The molecule has 1 aliphatic heterocycles. The lowest BCUT2D eigenvalue weighted by Crippen LogP contribution is -2.17. The van der Waals surface area contributed by atoms with E-state index in [1.165, 1.54) is 10.7 Å². The number of esters is 2. The highest BCUT2D eigenvalue weighted by molar-refractivity contribution is 5.86.